The maximum absolute atomic E-state index is 12.4. The Bertz CT molecular complexity index is 1570. The second-order valence-corrected chi connectivity index (χ2v) is 11.7. The molecular weight excluding hydrogens is 548 g/mol. The summed E-state index contributed by atoms with van der Waals surface area (Å²) in [5.41, 5.74) is 8.83. The van der Waals surface area contributed by atoms with Crippen LogP contribution in [0.3, 0.4) is 0 Å². The molecule has 10 heteroatoms. The van der Waals surface area contributed by atoms with Crippen molar-refractivity contribution >= 4 is 35.9 Å². The van der Waals surface area contributed by atoms with Gasteiger partial charge in [-0.15, -0.1) is 0 Å². The minimum atomic E-state index is -0.998. The van der Waals surface area contributed by atoms with Gasteiger partial charge in [-0.25, -0.2) is 0 Å². The van der Waals surface area contributed by atoms with Gasteiger partial charge in [-0.05, 0) is 99.9 Å². The first-order valence-electron chi connectivity index (χ1n) is 14.5. The normalized spacial score (nSPS) is 17.5. The average molecular weight is 589 g/mol. The monoisotopic (exact) mass is 588 g/mol. The zero-order valence-electron chi connectivity index (χ0n) is 26.0. The molecule has 0 unspecified atom stereocenters. The molecular formula is C33H40N4O6. The maximum Gasteiger partial charge on any atom is 0.307 e. The predicted molar refractivity (Wildman–Crippen MR) is 164 cm³/mol. The summed E-state index contributed by atoms with van der Waals surface area (Å²) in [4.78, 5) is 55.7. The van der Waals surface area contributed by atoms with Crippen molar-refractivity contribution in [3.05, 3.63) is 78.7 Å². The number of carboxylic acids is 2. The number of carbonyl (C=O) groups is 4. The fraction of sp³-hybridized carbons (Fsp3) is 0.394. The maximum atomic E-state index is 12.4. The number of carbonyl (C=O) groups excluding carboxylic acids is 2. The van der Waals surface area contributed by atoms with E-state index in [0.29, 0.717) is 69.3 Å². The molecule has 2 amide bonds. The van der Waals surface area contributed by atoms with Crippen molar-refractivity contribution in [2.24, 2.45) is 0 Å². The summed E-state index contributed by atoms with van der Waals surface area (Å²) in [6.07, 6.45) is 4.50. The minimum Gasteiger partial charge on any atom is -0.481 e. The summed E-state index contributed by atoms with van der Waals surface area (Å²) in [6.45, 7) is 15.0. The second-order valence-electron chi connectivity index (χ2n) is 11.7. The summed E-state index contributed by atoms with van der Waals surface area (Å²) < 4.78 is 0. The Balaban J connectivity index is 1.92. The minimum absolute atomic E-state index is 0.157. The van der Waals surface area contributed by atoms with Crippen LogP contribution in [0.25, 0.3) is 12.2 Å². The fourth-order valence-corrected chi connectivity index (χ4v) is 6.24. The Kier molecular flexibility index (Phi) is 8.44. The van der Waals surface area contributed by atoms with Gasteiger partial charge in [-0.1, -0.05) is 13.8 Å². The van der Waals surface area contributed by atoms with Gasteiger partial charge in [-0.2, -0.15) is 0 Å². The van der Waals surface area contributed by atoms with Crippen LogP contribution in [0.2, 0.25) is 0 Å². The van der Waals surface area contributed by atoms with E-state index in [2.05, 4.69) is 20.6 Å². The van der Waals surface area contributed by atoms with Crippen molar-refractivity contribution in [2.45, 2.75) is 86.5 Å². The third kappa shape index (κ3) is 5.61. The molecule has 4 heterocycles. The molecule has 2 aromatic rings. The summed E-state index contributed by atoms with van der Waals surface area (Å²) in [7, 11) is 0. The number of aliphatic carboxylic acids is 2. The van der Waals surface area contributed by atoms with Crippen LogP contribution in [-0.4, -0.2) is 43.9 Å². The number of allylic oxidation sites excluding steroid dienone is 2. The van der Waals surface area contributed by atoms with Crippen LogP contribution in [0.4, 0.5) is 0 Å². The first-order chi connectivity index (χ1) is 20.1. The van der Waals surface area contributed by atoms with Gasteiger partial charge in [0.2, 0.25) is 0 Å². The quantitative estimate of drug-likeness (QED) is 0.230. The molecule has 0 atom stereocenters. The lowest BCUT2D eigenvalue weighted by molar-refractivity contribution is -0.137. The molecule has 0 spiro atoms. The van der Waals surface area contributed by atoms with Crippen LogP contribution >= 0.6 is 0 Å². The molecule has 228 valence electrons. The van der Waals surface area contributed by atoms with E-state index in [1.54, 1.807) is 13.8 Å². The van der Waals surface area contributed by atoms with Gasteiger partial charge in [0.15, 0.2) is 0 Å². The molecule has 0 aliphatic carbocycles. The number of aromatic nitrogens is 2. The lowest BCUT2D eigenvalue weighted by Crippen LogP contribution is -2.25. The highest BCUT2D eigenvalue weighted by atomic mass is 16.4. The SMILES string of the molecule is CCC1=C(C)C(=O)N/C1=C\c1[nH]c(C(C)(C)c2[nH]c(/C=C3\NC(=O)C(C)=C3CC)c(C)c2CC(=O)O)c(CC(=O)O)c1C. The molecule has 0 aromatic carbocycles. The van der Waals surface area contributed by atoms with Crippen molar-refractivity contribution < 1.29 is 29.4 Å². The van der Waals surface area contributed by atoms with Crippen LogP contribution < -0.4 is 10.6 Å². The second kappa shape index (κ2) is 11.6. The highest BCUT2D eigenvalue weighted by molar-refractivity contribution is 6.01. The van der Waals surface area contributed by atoms with Crippen LogP contribution in [0, 0.1) is 13.8 Å². The van der Waals surface area contributed by atoms with E-state index in [9.17, 15) is 29.4 Å². The Morgan fingerprint density at radius 2 is 1.05 bits per heavy atom. The van der Waals surface area contributed by atoms with Crippen molar-refractivity contribution in [2.75, 3.05) is 0 Å². The number of aromatic amines is 2. The van der Waals surface area contributed by atoms with E-state index in [-0.39, 0.29) is 24.7 Å². The first kappa shape index (κ1) is 31.3. The average Bonchev–Trinajstić information content (AvgIpc) is 3.58. The van der Waals surface area contributed by atoms with Gasteiger partial charge >= 0.3 is 11.9 Å². The molecule has 10 nitrogen and oxygen atoms in total. The topological polar surface area (TPSA) is 164 Å². The van der Waals surface area contributed by atoms with Gasteiger partial charge in [0, 0.05) is 50.7 Å². The van der Waals surface area contributed by atoms with Gasteiger partial charge < -0.3 is 30.8 Å². The van der Waals surface area contributed by atoms with E-state index < -0.39 is 17.4 Å². The molecule has 4 rings (SSSR count). The third-order valence-electron chi connectivity index (χ3n) is 8.76. The molecule has 2 aliphatic heterocycles. The number of hydrogen-bond acceptors (Lipinski definition) is 4. The Hall–Kier alpha value is -4.60. The summed E-state index contributed by atoms with van der Waals surface area (Å²) in [6, 6.07) is 0. The van der Waals surface area contributed by atoms with Crippen LogP contribution in [0.5, 0.6) is 0 Å². The molecule has 2 aromatic heterocycles. The van der Waals surface area contributed by atoms with Crippen LogP contribution in [0.15, 0.2) is 33.7 Å². The lowest BCUT2D eigenvalue weighted by atomic mass is 9.80. The largest absolute Gasteiger partial charge is 0.481 e. The van der Waals surface area contributed by atoms with E-state index in [1.165, 1.54) is 0 Å². The Morgan fingerprint density at radius 1 is 0.698 bits per heavy atom. The highest BCUT2D eigenvalue weighted by Gasteiger charge is 2.36. The number of nitrogens with one attached hydrogen (secondary N) is 4. The number of hydrogen-bond donors (Lipinski definition) is 6. The smallest absolute Gasteiger partial charge is 0.307 e. The first-order valence-corrected chi connectivity index (χ1v) is 14.5. The zero-order valence-corrected chi connectivity index (χ0v) is 26.0. The highest BCUT2D eigenvalue weighted by Crippen LogP contribution is 2.40. The Morgan fingerprint density at radius 3 is 1.35 bits per heavy atom. The van der Waals surface area contributed by atoms with Gasteiger partial charge in [0.1, 0.15) is 0 Å². The van der Waals surface area contributed by atoms with Gasteiger partial charge in [-0.3, -0.25) is 19.2 Å². The number of amides is 2. The molecule has 6 N–H and O–H groups in total. The molecule has 0 bridgehead atoms. The molecule has 43 heavy (non-hydrogen) atoms. The lowest BCUT2D eigenvalue weighted by Gasteiger charge is -2.26. The predicted octanol–water partition coefficient (Wildman–Crippen LogP) is 4.93. The van der Waals surface area contributed by atoms with Crippen molar-refractivity contribution in [1.29, 1.82) is 0 Å². The number of H-pyrrole nitrogens is 2. The third-order valence-corrected chi connectivity index (χ3v) is 8.76. The van der Waals surface area contributed by atoms with E-state index in [0.717, 1.165) is 22.3 Å². The fourth-order valence-electron chi connectivity index (χ4n) is 6.24. The van der Waals surface area contributed by atoms with Gasteiger partial charge in [0.05, 0.1) is 12.8 Å². The van der Waals surface area contributed by atoms with Gasteiger partial charge in [0.25, 0.3) is 11.8 Å². The standard InChI is InChI=1S/C33H40N4O6/c1-9-19-17(5)31(42)36-25(19)13-23-15(3)21(11-27(38)39)29(34-23)33(7,8)30-22(12-28(40)41)16(4)24(35-30)14-26-20(10-2)18(6)32(43)37-26/h13-14,34-35H,9-12H2,1-8H3,(H,36,42)(H,37,43)(H,38,39)(H,40,41)/b25-13-,26-14-. The molecule has 0 saturated heterocycles. The molecule has 0 saturated carbocycles. The van der Waals surface area contributed by atoms with Crippen molar-refractivity contribution in [1.82, 2.24) is 20.6 Å². The summed E-state index contributed by atoms with van der Waals surface area (Å²) >= 11 is 0. The van der Waals surface area contributed by atoms with E-state index in [1.807, 2.05) is 53.7 Å². The van der Waals surface area contributed by atoms with Crippen molar-refractivity contribution in [3.8, 4) is 0 Å². The Labute approximate surface area is 251 Å². The molecule has 2 aliphatic rings. The van der Waals surface area contributed by atoms with Crippen molar-refractivity contribution in [3.63, 3.8) is 0 Å². The summed E-state index contributed by atoms with van der Waals surface area (Å²) in [5.74, 6) is -2.31. The van der Waals surface area contributed by atoms with Crippen LogP contribution in [-0.2, 0) is 37.4 Å². The van der Waals surface area contributed by atoms with E-state index >= 15 is 0 Å². The number of rotatable bonds is 10. The summed E-state index contributed by atoms with van der Waals surface area (Å²) in [5, 5.41) is 25.5. The van der Waals surface area contributed by atoms with E-state index in [4.69, 9.17) is 0 Å². The molecule has 0 radical (unpaired) electrons. The zero-order chi connectivity index (χ0) is 32.0. The number of carboxylic acid groups (broad SMARTS) is 2. The van der Waals surface area contributed by atoms with Crippen LogP contribution in [0.1, 0.15) is 99.4 Å². The molecule has 0 fully saturated rings.